The standard InChI is InChI=1S/C11H10F3NO/c12-11(13,14)8-3-1-2-7(6-8)10(4-5-10)9(15)16/h1-3,6H,4-5H2,(H2,15,16). The zero-order valence-electron chi connectivity index (χ0n) is 8.34. The Balaban J connectivity index is 2.41. The summed E-state index contributed by atoms with van der Waals surface area (Å²) < 4.78 is 37.4. The topological polar surface area (TPSA) is 43.1 Å². The molecule has 0 unspecified atom stereocenters. The fourth-order valence-corrected chi connectivity index (χ4v) is 1.80. The predicted octanol–water partition coefficient (Wildman–Crippen LogP) is 2.22. The largest absolute Gasteiger partial charge is 0.416 e. The van der Waals surface area contributed by atoms with Crippen molar-refractivity contribution in [3.63, 3.8) is 0 Å². The van der Waals surface area contributed by atoms with E-state index in [0.29, 0.717) is 18.4 Å². The molecule has 0 heterocycles. The number of carbonyl (C=O) groups excluding carboxylic acids is 1. The summed E-state index contributed by atoms with van der Waals surface area (Å²) in [5, 5.41) is 0. The number of alkyl halides is 3. The molecule has 86 valence electrons. The maximum absolute atomic E-state index is 12.5. The fraction of sp³-hybridized carbons (Fsp3) is 0.364. The van der Waals surface area contributed by atoms with Crippen LogP contribution in [-0.4, -0.2) is 5.91 Å². The number of nitrogens with two attached hydrogens (primary N) is 1. The van der Waals surface area contributed by atoms with E-state index in [0.717, 1.165) is 12.1 Å². The molecule has 2 nitrogen and oxygen atoms in total. The first-order chi connectivity index (χ1) is 7.36. The maximum atomic E-state index is 12.5. The minimum atomic E-state index is -4.39. The molecule has 1 aliphatic carbocycles. The zero-order chi connectivity index (χ0) is 12.0. The van der Waals surface area contributed by atoms with Crippen molar-refractivity contribution in [3.8, 4) is 0 Å². The quantitative estimate of drug-likeness (QED) is 0.830. The minimum absolute atomic E-state index is 0.370. The number of primary amides is 1. The van der Waals surface area contributed by atoms with Crippen molar-refractivity contribution in [2.75, 3.05) is 0 Å². The molecule has 1 aromatic rings. The third-order valence-electron chi connectivity index (χ3n) is 2.96. The van der Waals surface area contributed by atoms with Gasteiger partial charge in [-0.25, -0.2) is 0 Å². The van der Waals surface area contributed by atoms with E-state index in [9.17, 15) is 18.0 Å². The van der Waals surface area contributed by atoms with Crippen LogP contribution in [-0.2, 0) is 16.4 Å². The number of hydrogen-bond acceptors (Lipinski definition) is 1. The number of hydrogen-bond donors (Lipinski definition) is 1. The molecule has 1 fully saturated rings. The van der Waals surface area contributed by atoms with Crippen LogP contribution in [0.1, 0.15) is 24.0 Å². The van der Waals surface area contributed by atoms with Crippen molar-refractivity contribution in [1.82, 2.24) is 0 Å². The molecule has 0 saturated heterocycles. The fourth-order valence-electron chi connectivity index (χ4n) is 1.80. The SMILES string of the molecule is NC(=O)C1(c2cccc(C(F)(F)F)c2)CC1. The first-order valence-corrected chi connectivity index (χ1v) is 4.84. The second-order valence-corrected chi connectivity index (χ2v) is 4.02. The van der Waals surface area contributed by atoms with Gasteiger partial charge in [-0.1, -0.05) is 18.2 Å². The molecule has 2 N–H and O–H groups in total. The Labute approximate surface area is 90.2 Å². The van der Waals surface area contributed by atoms with Gasteiger partial charge in [0, 0.05) is 0 Å². The number of benzene rings is 1. The van der Waals surface area contributed by atoms with Crippen LogP contribution in [0.15, 0.2) is 24.3 Å². The lowest BCUT2D eigenvalue weighted by Gasteiger charge is -2.14. The second kappa shape index (κ2) is 3.23. The Morgan fingerprint density at radius 2 is 1.94 bits per heavy atom. The van der Waals surface area contributed by atoms with E-state index in [-0.39, 0.29) is 0 Å². The molecule has 1 aliphatic rings. The van der Waals surface area contributed by atoms with Crippen LogP contribution in [0.3, 0.4) is 0 Å². The molecule has 0 bridgehead atoms. The van der Waals surface area contributed by atoms with Gasteiger partial charge in [0.15, 0.2) is 0 Å². The maximum Gasteiger partial charge on any atom is 0.416 e. The molecule has 0 aromatic heterocycles. The smallest absolute Gasteiger partial charge is 0.369 e. The number of rotatable bonds is 2. The molecular weight excluding hydrogens is 219 g/mol. The average Bonchev–Trinajstić information content (AvgIpc) is 2.97. The molecule has 5 heteroatoms. The van der Waals surface area contributed by atoms with E-state index in [1.807, 2.05) is 0 Å². The summed E-state index contributed by atoms with van der Waals surface area (Å²) in [6, 6.07) is 4.83. The summed E-state index contributed by atoms with van der Waals surface area (Å²) in [4.78, 5) is 11.2. The van der Waals surface area contributed by atoms with Crippen LogP contribution in [0.4, 0.5) is 13.2 Å². The Morgan fingerprint density at radius 3 is 2.38 bits per heavy atom. The van der Waals surface area contributed by atoms with Crippen molar-refractivity contribution >= 4 is 5.91 Å². The Morgan fingerprint density at radius 1 is 1.31 bits per heavy atom. The normalized spacial score (nSPS) is 18.2. The minimum Gasteiger partial charge on any atom is -0.369 e. The van der Waals surface area contributed by atoms with Crippen LogP contribution in [0.5, 0.6) is 0 Å². The lowest BCUT2D eigenvalue weighted by atomic mass is 9.94. The van der Waals surface area contributed by atoms with Gasteiger partial charge in [-0.3, -0.25) is 4.79 Å². The van der Waals surface area contributed by atoms with Crippen molar-refractivity contribution in [2.24, 2.45) is 5.73 Å². The molecule has 0 radical (unpaired) electrons. The molecule has 16 heavy (non-hydrogen) atoms. The van der Waals surface area contributed by atoms with Crippen LogP contribution >= 0.6 is 0 Å². The molecule has 2 rings (SSSR count). The molecule has 0 atom stereocenters. The van der Waals surface area contributed by atoms with Gasteiger partial charge in [0.05, 0.1) is 11.0 Å². The van der Waals surface area contributed by atoms with E-state index < -0.39 is 23.1 Å². The van der Waals surface area contributed by atoms with Crippen molar-refractivity contribution in [1.29, 1.82) is 0 Å². The molecule has 1 saturated carbocycles. The van der Waals surface area contributed by atoms with Gasteiger partial charge in [0.25, 0.3) is 0 Å². The van der Waals surface area contributed by atoms with Gasteiger partial charge in [-0.15, -0.1) is 0 Å². The van der Waals surface area contributed by atoms with E-state index in [1.165, 1.54) is 12.1 Å². The van der Waals surface area contributed by atoms with Crippen LogP contribution in [0.2, 0.25) is 0 Å². The van der Waals surface area contributed by atoms with Gasteiger partial charge in [0.2, 0.25) is 5.91 Å². The van der Waals surface area contributed by atoms with Crippen LogP contribution in [0, 0.1) is 0 Å². The highest BCUT2D eigenvalue weighted by Crippen LogP contribution is 2.48. The van der Waals surface area contributed by atoms with Crippen molar-refractivity contribution < 1.29 is 18.0 Å². The van der Waals surface area contributed by atoms with E-state index in [1.54, 1.807) is 0 Å². The second-order valence-electron chi connectivity index (χ2n) is 4.02. The third-order valence-corrected chi connectivity index (χ3v) is 2.96. The molecular formula is C11H10F3NO. The lowest BCUT2D eigenvalue weighted by Crippen LogP contribution is -2.28. The third kappa shape index (κ3) is 1.66. The number of carbonyl (C=O) groups is 1. The summed E-state index contributed by atoms with van der Waals surface area (Å²) in [6.07, 6.45) is -3.32. The summed E-state index contributed by atoms with van der Waals surface area (Å²) in [5.74, 6) is -0.549. The van der Waals surface area contributed by atoms with Gasteiger partial charge in [0.1, 0.15) is 0 Å². The molecule has 0 aliphatic heterocycles. The first-order valence-electron chi connectivity index (χ1n) is 4.84. The van der Waals surface area contributed by atoms with Crippen LogP contribution < -0.4 is 5.73 Å². The monoisotopic (exact) mass is 229 g/mol. The molecule has 0 spiro atoms. The van der Waals surface area contributed by atoms with E-state index in [2.05, 4.69) is 0 Å². The van der Waals surface area contributed by atoms with Gasteiger partial charge in [-0.2, -0.15) is 13.2 Å². The number of halogens is 3. The highest BCUT2D eigenvalue weighted by molar-refractivity contribution is 5.89. The van der Waals surface area contributed by atoms with Gasteiger partial charge >= 0.3 is 6.18 Å². The Bertz CT molecular complexity index is 435. The average molecular weight is 229 g/mol. The lowest BCUT2D eigenvalue weighted by molar-refractivity contribution is -0.137. The summed E-state index contributed by atoms with van der Waals surface area (Å²) in [5.41, 5.74) is 3.98. The van der Waals surface area contributed by atoms with Crippen molar-refractivity contribution in [3.05, 3.63) is 35.4 Å². The summed E-state index contributed by atoms with van der Waals surface area (Å²) in [7, 11) is 0. The van der Waals surface area contributed by atoms with Gasteiger partial charge in [-0.05, 0) is 24.5 Å². The Hall–Kier alpha value is -1.52. The molecule has 1 amide bonds. The highest BCUT2D eigenvalue weighted by Gasteiger charge is 2.50. The van der Waals surface area contributed by atoms with Gasteiger partial charge < -0.3 is 5.73 Å². The predicted molar refractivity (Wildman–Crippen MR) is 51.6 cm³/mol. The van der Waals surface area contributed by atoms with E-state index >= 15 is 0 Å². The first kappa shape index (κ1) is 11.0. The highest BCUT2D eigenvalue weighted by atomic mass is 19.4. The summed E-state index contributed by atoms with van der Waals surface area (Å²) >= 11 is 0. The number of amides is 1. The molecule has 1 aromatic carbocycles. The van der Waals surface area contributed by atoms with Crippen LogP contribution in [0.25, 0.3) is 0 Å². The zero-order valence-corrected chi connectivity index (χ0v) is 8.34. The Kier molecular flexibility index (Phi) is 2.22. The van der Waals surface area contributed by atoms with E-state index in [4.69, 9.17) is 5.73 Å². The van der Waals surface area contributed by atoms with Crippen molar-refractivity contribution in [2.45, 2.75) is 24.4 Å². The summed E-state index contributed by atoms with van der Waals surface area (Å²) in [6.45, 7) is 0.